The minimum Gasteiger partial charge on any atom is -0.504 e. The number of aliphatic hydroxyl groups excluding tert-OH is 1. The quantitative estimate of drug-likeness (QED) is 0.325. The molecule has 1 heterocycles. The molecule has 0 unspecified atom stereocenters. The first-order valence-electron chi connectivity index (χ1n) is 10.1. The molecule has 1 atom stereocenters. The second kappa shape index (κ2) is 10.4. The van der Waals surface area contributed by atoms with Crippen LogP contribution in [0.3, 0.4) is 0 Å². The van der Waals surface area contributed by atoms with E-state index in [4.69, 9.17) is 10.5 Å². The number of primary amides is 1. The van der Waals surface area contributed by atoms with Gasteiger partial charge in [-0.15, -0.1) is 0 Å². The lowest BCUT2D eigenvalue weighted by molar-refractivity contribution is 0.0997. The van der Waals surface area contributed by atoms with Crippen LogP contribution in [0.4, 0.5) is 0 Å². The van der Waals surface area contributed by atoms with Gasteiger partial charge in [-0.05, 0) is 42.8 Å². The zero-order valence-corrected chi connectivity index (χ0v) is 18.7. The summed E-state index contributed by atoms with van der Waals surface area (Å²) in [6, 6.07) is 12.1. The number of aromatic hydroxyl groups is 1. The second-order valence-electron chi connectivity index (χ2n) is 7.29. The maximum atomic E-state index is 13.0. The van der Waals surface area contributed by atoms with Crippen molar-refractivity contribution in [1.29, 1.82) is 0 Å². The number of amides is 1. The Labute approximate surface area is 191 Å². The molecule has 33 heavy (non-hydrogen) atoms. The average Bonchev–Trinajstić information content (AvgIpc) is 2.82. The average molecular weight is 472 g/mol. The lowest BCUT2D eigenvalue weighted by Crippen LogP contribution is -2.23. The van der Waals surface area contributed by atoms with Crippen LogP contribution in [-0.4, -0.2) is 49.7 Å². The number of carbonyl (C=O) groups is 1. The van der Waals surface area contributed by atoms with Gasteiger partial charge in [0.2, 0.25) is 9.84 Å². The highest BCUT2D eigenvalue weighted by atomic mass is 32.2. The Morgan fingerprint density at radius 1 is 1.18 bits per heavy atom. The standard InChI is InChI=1S/C23H25N3O6S/c1-32-21-12-18(11-19(22(21)28)23(24)29)33(30,31)17-6-4-15(5-7-17)8-10-26-14-20(27)16-3-2-9-25-13-16/h2-7,9,11-13,20,26-28H,8,10,14H2,1H3,(H2,24,29)/t20-/m0/s1. The molecular weight excluding hydrogens is 446 g/mol. The number of carbonyl (C=O) groups excluding carboxylic acids is 1. The molecule has 0 radical (unpaired) electrons. The number of rotatable bonds is 10. The minimum absolute atomic E-state index is 0.0226. The molecule has 9 nitrogen and oxygen atoms in total. The molecule has 0 spiro atoms. The number of methoxy groups -OCH3 is 1. The number of benzene rings is 2. The van der Waals surface area contributed by atoms with Crippen molar-refractivity contribution in [2.24, 2.45) is 5.73 Å². The summed E-state index contributed by atoms with van der Waals surface area (Å²) >= 11 is 0. The smallest absolute Gasteiger partial charge is 0.252 e. The van der Waals surface area contributed by atoms with Crippen molar-refractivity contribution < 1.29 is 28.2 Å². The molecule has 5 N–H and O–H groups in total. The number of aliphatic hydroxyl groups is 1. The molecule has 0 fully saturated rings. The topological polar surface area (TPSA) is 152 Å². The predicted octanol–water partition coefficient (Wildman–Crippen LogP) is 1.59. The van der Waals surface area contributed by atoms with E-state index < -0.39 is 27.6 Å². The number of hydrogen-bond donors (Lipinski definition) is 4. The van der Waals surface area contributed by atoms with Gasteiger partial charge >= 0.3 is 0 Å². The lowest BCUT2D eigenvalue weighted by atomic mass is 10.1. The largest absolute Gasteiger partial charge is 0.504 e. The van der Waals surface area contributed by atoms with Crippen molar-refractivity contribution in [1.82, 2.24) is 10.3 Å². The number of nitrogens with two attached hydrogens (primary N) is 1. The summed E-state index contributed by atoms with van der Waals surface area (Å²) in [5.41, 5.74) is 6.53. The van der Waals surface area contributed by atoms with E-state index in [1.165, 1.54) is 19.2 Å². The van der Waals surface area contributed by atoms with Crippen molar-refractivity contribution in [2.45, 2.75) is 22.3 Å². The monoisotopic (exact) mass is 471 g/mol. The van der Waals surface area contributed by atoms with Crippen LogP contribution in [-0.2, 0) is 16.3 Å². The molecule has 0 aliphatic carbocycles. The first kappa shape index (κ1) is 24.2. The Morgan fingerprint density at radius 3 is 2.52 bits per heavy atom. The van der Waals surface area contributed by atoms with Crippen molar-refractivity contribution in [3.8, 4) is 11.5 Å². The lowest BCUT2D eigenvalue weighted by Gasteiger charge is -2.12. The Morgan fingerprint density at radius 2 is 1.91 bits per heavy atom. The highest BCUT2D eigenvalue weighted by molar-refractivity contribution is 7.91. The minimum atomic E-state index is -3.98. The summed E-state index contributed by atoms with van der Waals surface area (Å²) in [6.45, 7) is 0.948. The van der Waals surface area contributed by atoms with Gasteiger partial charge in [0.25, 0.3) is 5.91 Å². The van der Waals surface area contributed by atoms with Gasteiger partial charge in [0.15, 0.2) is 11.5 Å². The molecule has 2 aromatic carbocycles. The molecule has 3 aromatic rings. The van der Waals surface area contributed by atoms with E-state index in [9.17, 15) is 23.4 Å². The summed E-state index contributed by atoms with van der Waals surface area (Å²) in [4.78, 5) is 15.4. The highest BCUT2D eigenvalue weighted by Crippen LogP contribution is 2.34. The van der Waals surface area contributed by atoms with Crippen LogP contribution >= 0.6 is 0 Å². The van der Waals surface area contributed by atoms with Crippen LogP contribution in [0.5, 0.6) is 11.5 Å². The number of sulfone groups is 1. The van der Waals surface area contributed by atoms with Crippen molar-refractivity contribution in [2.75, 3.05) is 20.2 Å². The molecule has 174 valence electrons. The summed E-state index contributed by atoms with van der Waals surface area (Å²) in [5, 5.41) is 23.3. The summed E-state index contributed by atoms with van der Waals surface area (Å²) in [5.74, 6) is -1.65. The molecule has 1 aromatic heterocycles. The number of pyridine rings is 1. The van der Waals surface area contributed by atoms with Gasteiger partial charge in [0, 0.05) is 30.6 Å². The fourth-order valence-electron chi connectivity index (χ4n) is 3.21. The van der Waals surface area contributed by atoms with Gasteiger partial charge in [-0.25, -0.2) is 8.42 Å². The molecule has 0 saturated heterocycles. The maximum Gasteiger partial charge on any atom is 0.252 e. The van der Waals surface area contributed by atoms with Crippen molar-refractivity contribution in [3.05, 3.63) is 77.6 Å². The van der Waals surface area contributed by atoms with E-state index in [2.05, 4.69) is 10.3 Å². The van der Waals surface area contributed by atoms with Crippen LogP contribution < -0.4 is 15.8 Å². The van der Waals surface area contributed by atoms with Crippen molar-refractivity contribution >= 4 is 15.7 Å². The summed E-state index contributed by atoms with van der Waals surface area (Å²) < 4.78 is 31.0. The second-order valence-corrected chi connectivity index (χ2v) is 9.24. The van der Waals surface area contributed by atoms with E-state index in [0.717, 1.165) is 23.3 Å². The number of aromatic nitrogens is 1. The molecule has 0 bridgehead atoms. The third kappa shape index (κ3) is 5.67. The molecule has 0 saturated carbocycles. The van der Waals surface area contributed by atoms with Gasteiger partial charge in [-0.1, -0.05) is 18.2 Å². The molecule has 10 heteroatoms. The molecule has 3 rings (SSSR count). The van der Waals surface area contributed by atoms with Crippen LogP contribution in [0.2, 0.25) is 0 Å². The fourth-order valence-corrected chi connectivity index (χ4v) is 4.52. The van der Waals surface area contributed by atoms with Crippen LogP contribution in [0.25, 0.3) is 0 Å². The Hall–Kier alpha value is -3.47. The maximum absolute atomic E-state index is 13.0. The highest BCUT2D eigenvalue weighted by Gasteiger charge is 2.23. The van der Waals surface area contributed by atoms with Crippen LogP contribution in [0.15, 0.2) is 70.7 Å². The summed E-state index contributed by atoms with van der Waals surface area (Å²) in [7, 11) is -2.74. The van der Waals surface area contributed by atoms with Crippen LogP contribution in [0.1, 0.15) is 27.6 Å². The fraction of sp³-hybridized carbons (Fsp3) is 0.217. The molecular formula is C23H25N3O6S. The van der Waals surface area contributed by atoms with E-state index in [0.29, 0.717) is 19.5 Å². The Balaban J connectivity index is 1.67. The van der Waals surface area contributed by atoms with E-state index in [1.54, 1.807) is 36.7 Å². The third-order valence-corrected chi connectivity index (χ3v) is 6.82. The van der Waals surface area contributed by atoms with E-state index >= 15 is 0 Å². The van der Waals surface area contributed by atoms with Gasteiger partial charge in [0.05, 0.1) is 28.6 Å². The normalized spacial score (nSPS) is 12.3. The Kier molecular flexibility index (Phi) is 7.64. The zero-order valence-electron chi connectivity index (χ0n) is 17.9. The molecule has 0 aliphatic heterocycles. The number of ether oxygens (including phenoxy) is 1. The number of nitrogens with one attached hydrogen (secondary N) is 1. The molecule has 1 amide bonds. The van der Waals surface area contributed by atoms with Crippen LogP contribution in [0, 0.1) is 0 Å². The van der Waals surface area contributed by atoms with Gasteiger partial charge in [-0.2, -0.15) is 0 Å². The number of phenols is 1. The van der Waals surface area contributed by atoms with Gasteiger partial charge < -0.3 is 26.0 Å². The first-order chi connectivity index (χ1) is 15.7. The zero-order chi connectivity index (χ0) is 24.0. The first-order valence-corrected chi connectivity index (χ1v) is 11.6. The summed E-state index contributed by atoms with van der Waals surface area (Å²) in [6.07, 6.45) is 3.21. The number of hydrogen-bond acceptors (Lipinski definition) is 8. The van der Waals surface area contributed by atoms with Gasteiger partial charge in [0.1, 0.15) is 0 Å². The third-order valence-electron chi connectivity index (χ3n) is 5.08. The van der Waals surface area contributed by atoms with E-state index in [-0.39, 0.29) is 21.1 Å². The van der Waals surface area contributed by atoms with Crippen molar-refractivity contribution in [3.63, 3.8) is 0 Å². The Bertz CT molecular complexity index is 1210. The predicted molar refractivity (Wildman–Crippen MR) is 121 cm³/mol. The van der Waals surface area contributed by atoms with E-state index in [1.807, 2.05) is 0 Å². The SMILES string of the molecule is COc1cc(S(=O)(=O)c2ccc(CCNC[C@H](O)c3cccnc3)cc2)cc(C(N)=O)c1O. The number of nitrogens with zero attached hydrogens (tertiary/aromatic N) is 1. The van der Waals surface area contributed by atoms with Gasteiger partial charge in [-0.3, -0.25) is 9.78 Å². The molecule has 0 aliphatic rings.